The highest BCUT2D eigenvalue weighted by atomic mass is 32.2. The summed E-state index contributed by atoms with van der Waals surface area (Å²) >= 11 is 2.59. The number of nitrogens with zero attached hydrogens (tertiary/aromatic N) is 3. The minimum absolute atomic E-state index is 0.0472. The number of rotatable bonds is 5. The standard InChI is InChI=1S/C12H13N3O2S2/c1-15(9-6-4-3-5-7-9)10(16)8-17-12-13-11(18-2)14-19-12/h3-7H,8H2,1-2H3. The predicted molar refractivity (Wildman–Crippen MR) is 77.0 cm³/mol. The maximum Gasteiger partial charge on any atom is 0.294 e. The molecule has 1 aromatic carbocycles. The van der Waals surface area contributed by atoms with Gasteiger partial charge in [0.25, 0.3) is 11.1 Å². The highest BCUT2D eigenvalue weighted by Gasteiger charge is 2.12. The molecular formula is C12H13N3O2S2. The van der Waals surface area contributed by atoms with Gasteiger partial charge >= 0.3 is 0 Å². The molecule has 1 aromatic heterocycles. The average Bonchev–Trinajstić information content (AvgIpc) is 2.93. The van der Waals surface area contributed by atoms with E-state index in [1.165, 1.54) is 11.8 Å². The van der Waals surface area contributed by atoms with Gasteiger partial charge in [-0.15, -0.1) is 0 Å². The largest absolute Gasteiger partial charge is 0.459 e. The van der Waals surface area contributed by atoms with Crippen molar-refractivity contribution in [2.75, 3.05) is 24.8 Å². The second-order valence-corrected chi connectivity index (χ2v) is 5.11. The van der Waals surface area contributed by atoms with Crippen molar-refractivity contribution in [2.24, 2.45) is 0 Å². The van der Waals surface area contributed by atoms with Gasteiger partial charge in [-0.1, -0.05) is 30.0 Å². The van der Waals surface area contributed by atoms with E-state index in [0.717, 1.165) is 17.2 Å². The van der Waals surface area contributed by atoms with Crippen LogP contribution < -0.4 is 9.64 Å². The SMILES string of the molecule is CSc1nsc(OCC(=O)N(C)c2ccccc2)n1. The van der Waals surface area contributed by atoms with E-state index >= 15 is 0 Å². The molecule has 1 amide bonds. The van der Waals surface area contributed by atoms with E-state index in [4.69, 9.17) is 4.74 Å². The van der Waals surface area contributed by atoms with Crippen molar-refractivity contribution in [2.45, 2.75) is 5.16 Å². The summed E-state index contributed by atoms with van der Waals surface area (Å²) in [5.74, 6) is -0.132. The van der Waals surface area contributed by atoms with E-state index in [1.807, 2.05) is 36.6 Å². The molecule has 1 heterocycles. The first-order valence-corrected chi connectivity index (χ1v) is 7.52. The van der Waals surface area contributed by atoms with Crippen LogP contribution in [-0.2, 0) is 4.79 Å². The molecular weight excluding hydrogens is 282 g/mol. The van der Waals surface area contributed by atoms with Gasteiger partial charge in [0.15, 0.2) is 6.61 Å². The summed E-state index contributed by atoms with van der Waals surface area (Å²) in [6.45, 7) is -0.0472. The molecule has 0 aliphatic rings. The molecule has 5 nitrogen and oxygen atoms in total. The maximum atomic E-state index is 11.9. The molecule has 0 bridgehead atoms. The number of thioether (sulfide) groups is 1. The van der Waals surface area contributed by atoms with Crippen molar-refractivity contribution in [1.82, 2.24) is 9.36 Å². The molecule has 0 atom stereocenters. The number of hydrogen-bond acceptors (Lipinski definition) is 6. The highest BCUT2D eigenvalue weighted by Crippen LogP contribution is 2.20. The van der Waals surface area contributed by atoms with Crippen molar-refractivity contribution in [3.63, 3.8) is 0 Å². The molecule has 0 N–H and O–H groups in total. The van der Waals surface area contributed by atoms with Gasteiger partial charge in [-0.25, -0.2) is 0 Å². The summed E-state index contributed by atoms with van der Waals surface area (Å²) in [5, 5.41) is 1.07. The molecule has 0 saturated carbocycles. The zero-order valence-corrected chi connectivity index (χ0v) is 12.2. The average molecular weight is 295 g/mol. The fraction of sp³-hybridized carbons (Fsp3) is 0.250. The summed E-state index contributed by atoms with van der Waals surface area (Å²) in [6.07, 6.45) is 1.89. The Morgan fingerprint density at radius 2 is 2.16 bits per heavy atom. The Kier molecular flexibility index (Phi) is 4.75. The van der Waals surface area contributed by atoms with Crippen LogP contribution in [0.4, 0.5) is 5.69 Å². The Hall–Kier alpha value is -1.60. The highest BCUT2D eigenvalue weighted by molar-refractivity contribution is 7.98. The van der Waals surface area contributed by atoms with Crippen molar-refractivity contribution in [1.29, 1.82) is 0 Å². The van der Waals surface area contributed by atoms with Crippen LogP contribution >= 0.6 is 23.3 Å². The number of benzene rings is 1. The molecule has 100 valence electrons. The summed E-state index contributed by atoms with van der Waals surface area (Å²) in [6, 6.07) is 9.41. The zero-order valence-electron chi connectivity index (χ0n) is 10.6. The topological polar surface area (TPSA) is 55.3 Å². The van der Waals surface area contributed by atoms with Crippen LogP contribution in [0.2, 0.25) is 0 Å². The van der Waals surface area contributed by atoms with Crippen LogP contribution in [0.5, 0.6) is 5.19 Å². The first-order valence-electron chi connectivity index (χ1n) is 5.53. The third-order valence-electron chi connectivity index (χ3n) is 2.41. The molecule has 7 heteroatoms. The second-order valence-electron chi connectivity index (χ2n) is 3.62. The summed E-state index contributed by atoms with van der Waals surface area (Å²) in [7, 11) is 1.72. The number of para-hydroxylation sites is 1. The third-order valence-corrected chi connectivity index (χ3v) is 3.70. The lowest BCUT2D eigenvalue weighted by Gasteiger charge is -2.16. The van der Waals surface area contributed by atoms with E-state index < -0.39 is 0 Å². The lowest BCUT2D eigenvalue weighted by Crippen LogP contribution is -2.31. The van der Waals surface area contributed by atoms with E-state index in [2.05, 4.69) is 9.36 Å². The monoisotopic (exact) mass is 295 g/mol. The lowest BCUT2D eigenvalue weighted by atomic mass is 10.3. The molecule has 0 aliphatic heterocycles. The molecule has 0 spiro atoms. The number of hydrogen-bond donors (Lipinski definition) is 0. The quantitative estimate of drug-likeness (QED) is 0.792. The van der Waals surface area contributed by atoms with Crippen LogP contribution in [0.3, 0.4) is 0 Å². The Labute approximate surface area is 119 Å². The molecule has 2 aromatic rings. The normalized spacial score (nSPS) is 10.2. The molecule has 0 aliphatic carbocycles. The van der Waals surface area contributed by atoms with Gasteiger partial charge in [-0.2, -0.15) is 9.36 Å². The molecule has 0 fully saturated rings. The molecule has 19 heavy (non-hydrogen) atoms. The Morgan fingerprint density at radius 1 is 1.42 bits per heavy atom. The van der Waals surface area contributed by atoms with Crippen LogP contribution in [0.25, 0.3) is 0 Å². The number of aromatic nitrogens is 2. The second kappa shape index (κ2) is 6.53. The lowest BCUT2D eigenvalue weighted by molar-refractivity contribution is -0.120. The van der Waals surface area contributed by atoms with Crippen molar-refractivity contribution < 1.29 is 9.53 Å². The fourth-order valence-corrected chi connectivity index (χ4v) is 2.43. The van der Waals surface area contributed by atoms with Crippen molar-refractivity contribution >= 4 is 34.9 Å². The minimum Gasteiger partial charge on any atom is -0.459 e. The number of carbonyl (C=O) groups is 1. The Bertz CT molecular complexity index is 545. The van der Waals surface area contributed by atoms with Gasteiger partial charge in [-0.05, 0) is 18.4 Å². The number of ether oxygens (including phenoxy) is 1. The van der Waals surface area contributed by atoms with Crippen molar-refractivity contribution in [3.05, 3.63) is 30.3 Å². The maximum absolute atomic E-state index is 11.9. The van der Waals surface area contributed by atoms with Gasteiger partial charge in [0.2, 0.25) is 5.16 Å². The predicted octanol–water partition coefficient (Wildman–Crippen LogP) is 2.30. The van der Waals surface area contributed by atoms with Crippen LogP contribution in [0.1, 0.15) is 0 Å². The molecule has 2 rings (SSSR count). The first-order chi connectivity index (χ1) is 9.20. The minimum atomic E-state index is -0.132. The van der Waals surface area contributed by atoms with E-state index in [9.17, 15) is 4.79 Å². The van der Waals surface area contributed by atoms with E-state index in [-0.39, 0.29) is 12.5 Å². The van der Waals surface area contributed by atoms with Gasteiger partial charge in [0, 0.05) is 24.3 Å². The fourth-order valence-electron chi connectivity index (χ4n) is 1.35. The summed E-state index contributed by atoms with van der Waals surface area (Å²) < 4.78 is 9.39. The Balaban J connectivity index is 1.91. The van der Waals surface area contributed by atoms with E-state index in [1.54, 1.807) is 11.9 Å². The van der Waals surface area contributed by atoms with Crippen molar-refractivity contribution in [3.8, 4) is 5.19 Å². The number of likely N-dealkylation sites (N-methyl/N-ethyl adjacent to an activating group) is 1. The number of amides is 1. The van der Waals surface area contributed by atoms with E-state index in [0.29, 0.717) is 10.4 Å². The van der Waals surface area contributed by atoms with Crippen LogP contribution in [0.15, 0.2) is 35.5 Å². The third kappa shape index (κ3) is 3.68. The molecule has 0 unspecified atom stereocenters. The number of carbonyl (C=O) groups excluding carboxylic acids is 1. The van der Waals surface area contributed by atoms with Gasteiger partial charge in [0.1, 0.15) is 0 Å². The van der Waals surface area contributed by atoms with Gasteiger partial charge in [-0.3, -0.25) is 4.79 Å². The smallest absolute Gasteiger partial charge is 0.294 e. The summed E-state index contributed by atoms with van der Waals surface area (Å²) in [4.78, 5) is 17.6. The first kappa shape index (κ1) is 13.8. The number of anilines is 1. The van der Waals surface area contributed by atoms with Crippen LogP contribution in [0, 0.1) is 0 Å². The summed E-state index contributed by atoms with van der Waals surface area (Å²) in [5.41, 5.74) is 0.832. The van der Waals surface area contributed by atoms with Crippen LogP contribution in [-0.4, -0.2) is 35.2 Å². The zero-order chi connectivity index (χ0) is 13.7. The molecule has 0 radical (unpaired) electrons. The van der Waals surface area contributed by atoms with Gasteiger partial charge < -0.3 is 9.64 Å². The molecule has 0 saturated heterocycles. The van der Waals surface area contributed by atoms with Gasteiger partial charge in [0.05, 0.1) is 0 Å². The Morgan fingerprint density at radius 3 is 2.79 bits per heavy atom.